The third-order valence-electron chi connectivity index (χ3n) is 6.52. The molecule has 0 bridgehead atoms. The van der Waals surface area contributed by atoms with Gasteiger partial charge in [0.25, 0.3) is 0 Å². The van der Waals surface area contributed by atoms with E-state index in [4.69, 9.17) is 4.42 Å². The average Bonchev–Trinajstić information content (AvgIpc) is 2.83. The van der Waals surface area contributed by atoms with E-state index in [0.29, 0.717) is 22.5 Å². The Hall–Kier alpha value is -3.00. The van der Waals surface area contributed by atoms with Gasteiger partial charge >= 0.3 is 0 Å². The van der Waals surface area contributed by atoms with E-state index in [-0.39, 0.29) is 4.90 Å². The maximum absolute atomic E-state index is 12.2. The molecule has 7 heteroatoms. The van der Waals surface area contributed by atoms with Gasteiger partial charge in [0.05, 0.1) is 24.1 Å². The Bertz CT molecular complexity index is 1480. The lowest BCUT2D eigenvalue weighted by Gasteiger charge is -2.20. The number of nitrogens with zero attached hydrogens (tertiary/aromatic N) is 1. The van der Waals surface area contributed by atoms with Crippen molar-refractivity contribution in [2.75, 3.05) is 26.2 Å². The number of rotatable bonds is 7. The van der Waals surface area contributed by atoms with E-state index >= 15 is 0 Å². The van der Waals surface area contributed by atoms with Gasteiger partial charge in [0.15, 0.2) is 0 Å². The van der Waals surface area contributed by atoms with Crippen LogP contribution < -0.4 is 14.8 Å². The summed E-state index contributed by atoms with van der Waals surface area (Å²) in [5.74, 6) is 0.650. The quantitative estimate of drug-likeness (QED) is 0.250. The molecular weight excluding hydrogens is 448 g/mol. The molecule has 1 aliphatic heterocycles. The maximum atomic E-state index is 12.2. The monoisotopic (exact) mass is 479 g/mol. The fraction of sp³-hybridized carbons (Fsp3) is 0.296. The van der Waals surface area contributed by atoms with E-state index < -0.39 is 10.1 Å². The van der Waals surface area contributed by atoms with Gasteiger partial charge in [0, 0.05) is 34.2 Å². The molecule has 178 valence electrons. The standard InChI is InChI=1S/C27H30N2O4S/c1-5-28(6-2)19-13-15-21-24(17-19)33-25-18-20(29(7-3)8-4)14-16-22(25)27(21)23-11-9-10-12-26(23)34(30,31)32/h9-18H,5-8H2,1-4H3/p+1. The molecule has 1 heterocycles. The molecule has 0 saturated carbocycles. The third-order valence-corrected chi connectivity index (χ3v) is 7.42. The van der Waals surface area contributed by atoms with Crippen molar-refractivity contribution in [1.29, 1.82) is 0 Å². The van der Waals surface area contributed by atoms with E-state index in [2.05, 4.69) is 32.3 Å². The molecule has 0 aromatic heterocycles. The summed E-state index contributed by atoms with van der Waals surface area (Å²) in [7, 11) is -4.67. The molecule has 0 unspecified atom stereocenters. The molecule has 2 aromatic rings. The fourth-order valence-electron chi connectivity index (χ4n) is 4.72. The van der Waals surface area contributed by atoms with Crippen LogP contribution in [-0.2, 0) is 10.1 Å². The highest BCUT2D eigenvalue weighted by atomic mass is 32.2. The van der Waals surface area contributed by atoms with E-state index in [9.17, 15) is 13.0 Å². The van der Waals surface area contributed by atoms with Crippen LogP contribution in [0, 0.1) is 0 Å². The first kappa shape index (κ1) is 24.1. The summed E-state index contributed by atoms with van der Waals surface area (Å²) >= 11 is 0. The van der Waals surface area contributed by atoms with Crippen LogP contribution in [0.2, 0.25) is 0 Å². The Balaban J connectivity index is 2.16. The SMILES string of the molecule is CC[N+](CC)=c1ccc2c(-c3ccccc3S(=O)(=O)[O-])c3ccc([NH+](CC)CC)cc3oc-2c1. The summed E-state index contributed by atoms with van der Waals surface area (Å²) < 4.78 is 45.1. The summed E-state index contributed by atoms with van der Waals surface area (Å²) in [6.07, 6.45) is 0. The Morgan fingerprint density at radius 2 is 1.59 bits per heavy atom. The minimum Gasteiger partial charge on any atom is -0.744 e. The van der Waals surface area contributed by atoms with Crippen LogP contribution in [0.4, 0.5) is 5.69 Å². The number of nitrogens with one attached hydrogen (secondary N) is 1. The topological polar surface area (TPSA) is 77.8 Å². The molecular formula is C27H31N2O4S+. The van der Waals surface area contributed by atoms with Gasteiger partial charge in [-0.15, -0.1) is 0 Å². The lowest BCUT2D eigenvalue weighted by atomic mass is 9.93. The Labute approximate surface area is 200 Å². The highest BCUT2D eigenvalue weighted by Gasteiger charge is 2.23. The van der Waals surface area contributed by atoms with Crippen LogP contribution in [0.1, 0.15) is 27.7 Å². The van der Waals surface area contributed by atoms with Gasteiger partial charge in [0.1, 0.15) is 40.2 Å². The predicted octanol–water partition coefficient (Wildman–Crippen LogP) is 3.48. The number of fused-ring (bicyclic) bond motifs is 2. The van der Waals surface area contributed by atoms with Crippen LogP contribution in [0.25, 0.3) is 33.4 Å². The van der Waals surface area contributed by atoms with Gasteiger partial charge in [-0.1, -0.05) is 18.2 Å². The van der Waals surface area contributed by atoms with E-state index in [1.807, 2.05) is 36.4 Å². The van der Waals surface area contributed by atoms with E-state index in [0.717, 1.165) is 48.2 Å². The summed E-state index contributed by atoms with van der Waals surface area (Å²) in [6.45, 7) is 12.1. The average molecular weight is 480 g/mol. The van der Waals surface area contributed by atoms with Crippen LogP contribution in [0.3, 0.4) is 0 Å². The van der Waals surface area contributed by atoms with Gasteiger partial charge < -0.3 is 13.9 Å². The van der Waals surface area contributed by atoms with Crippen LogP contribution >= 0.6 is 0 Å². The highest BCUT2D eigenvalue weighted by Crippen LogP contribution is 2.42. The van der Waals surface area contributed by atoms with Gasteiger partial charge in [-0.25, -0.2) is 13.0 Å². The van der Waals surface area contributed by atoms with E-state index in [1.165, 1.54) is 11.0 Å². The predicted molar refractivity (Wildman–Crippen MR) is 134 cm³/mol. The summed E-state index contributed by atoms with van der Waals surface area (Å²) in [5.41, 5.74) is 3.62. The second kappa shape index (κ2) is 9.70. The molecule has 1 aliphatic carbocycles. The van der Waals surface area contributed by atoms with Crippen molar-refractivity contribution in [3.63, 3.8) is 0 Å². The van der Waals surface area contributed by atoms with Gasteiger partial charge in [-0.3, -0.25) is 0 Å². The van der Waals surface area contributed by atoms with Gasteiger partial charge in [-0.05, 0) is 52.0 Å². The van der Waals surface area contributed by atoms with Crippen molar-refractivity contribution in [3.8, 4) is 22.5 Å². The molecule has 0 fully saturated rings. The molecule has 2 aromatic carbocycles. The first-order chi connectivity index (χ1) is 16.3. The summed E-state index contributed by atoms with van der Waals surface area (Å²) in [5, 5.41) is 1.80. The van der Waals surface area contributed by atoms with Crippen molar-refractivity contribution in [2.45, 2.75) is 32.6 Å². The Morgan fingerprint density at radius 1 is 0.882 bits per heavy atom. The minimum absolute atomic E-state index is 0.227. The normalized spacial score (nSPS) is 12.1. The first-order valence-corrected chi connectivity index (χ1v) is 13.2. The highest BCUT2D eigenvalue weighted by molar-refractivity contribution is 7.85. The van der Waals surface area contributed by atoms with Crippen molar-refractivity contribution < 1.29 is 22.3 Å². The molecule has 0 radical (unpaired) electrons. The van der Waals surface area contributed by atoms with Gasteiger partial charge in [-0.2, -0.15) is 0 Å². The molecule has 6 nitrogen and oxygen atoms in total. The first-order valence-electron chi connectivity index (χ1n) is 11.8. The van der Waals surface area contributed by atoms with Crippen LogP contribution in [0.15, 0.2) is 70.0 Å². The second-order valence-corrected chi connectivity index (χ2v) is 9.65. The largest absolute Gasteiger partial charge is 0.744 e. The molecule has 2 aliphatic rings. The molecule has 4 rings (SSSR count). The number of hydrogen-bond acceptors (Lipinski definition) is 4. The number of benzene rings is 3. The van der Waals surface area contributed by atoms with Crippen LogP contribution in [-0.4, -0.2) is 39.1 Å². The lowest BCUT2D eigenvalue weighted by molar-refractivity contribution is -0.828. The molecule has 34 heavy (non-hydrogen) atoms. The Morgan fingerprint density at radius 3 is 2.24 bits per heavy atom. The zero-order valence-corrected chi connectivity index (χ0v) is 20.9. The Kier molecular flexibility index (Phi) is 6.89. The zero-order valence-electron chi connectivity index (χ0n) is 20.1. The molecule has 0 spiro atoms. The molecule has 0 amide bonds. The number of hydrogen-bond donors (Lipinski definition) is 1. The number of quaternary nitrogens is 1. The smallest absolute Gasteiger partial charge is 0.203 e. The van der Waals surface area contributed by atoms with Gasteiger partial charge in [0.2, 0.25) is 5.36 Å². The zero-order chi connectivity index (χ0) is 24.5. The van der Waals surface area contributed by atoms with Crippen LogP contribution in [0.5, 0.6) is 0 Å². The minimum atomic E-state index is -4.67. The van der Waals surface area contributed by atoms with Crippen molar-refractivity contribution in [1.82, 2.24) is 4.58 Å². The van der Waals surface area contributed by atoms with E-state index in [1.54, 1.807) is 18.2 Å². The lowest BCUT2D eigenvalue weighted by Crippen LogP contribution is -3.06. The fourth-order valence-corrected chi connectivity index (χ4v) is 5.41. The maximum Gasteiger partial charge on any atom is 0.203 e. The van der Waals surface area contributed by atoms with Crippen molar-refractivity contribution in [2.24, 2.45) is 0 Å². The molecule has 0 atom stereocenters. The van der Waals surface area contributed by atoms with Crippen molar-refractivity contribution in [3.05, 3.63) is 66.0 Å². The summed E-state index contributed by atoms with van der Waals surface area (Å²) in [4.78, 5) is 1.09. The molecule has 1 N–H and O–H groups in total. The van der Waals surface area contributed by atoms with Crippen molar-refractivity contribution >= 4 is 26.8 Å². The third kappa shape index (κ3) is 4.39. The molecule has 0 saturated heterocycles. The summed E-state index contributed by atoms with van der Waals surface area (Å²) in [6, 6.07) is 18.4. The second-order valence-electron chi connectivity index (χ2n) is 8.30.